The molecule has 6 heteroatoms. The minimum absolute atomic E-state index is 0.0885. The minimum atomic E-state index is -0.404. The van der Waals surface area contributed by atoms with E-state index in [1.54, 1.807) is 12.1 Å². The highest BCUT2D eigenvalue weighted by molar-refractivity contribution is 5.36. The Morgan fingerprint density at radius 2 is 1.86 bits per heavy atom. The monoisotopic (exact) mass is 306 g/mol. The molecule has 1 saturated heterocycles. The van der Waals surface area contributed by atoms with Crippen LogP contribution < -0.4 is 4.74 Å². The van der Waals surface area contributed by atoms with Crippen molar-refractivity contribution in [3.63, 3.8) is 0 Å². The number of hydrogen-bond donors (Lipinski definition) is 1. The summed E-state index contributed by atoms with van der Waals surface area (Å²) in [6.07, 6.45) is 4.41. The van der Waals surface area contributed by atoms with E-state index in [1.165, 1.54) is 12.1 Å². The van der Waals surface area contributed by atoms with Gasteiger partial charge in [0.15, 0.2) is 0 Å². The summed E-state index contributed by atoms with van der Waals surface area (Å²) < 4.78 is 5.86. The van der Waals surface area contributed by atoms with Crippen LogP contribution in [0.15, 0.2) is 24.3 Å². The summed E-state index contributed by atoms with van der Waals surface area (Å²) in [5.41, 5.74) is 0.0885. The molecule has 0 spiro atoms. The van der Waals surface area contributed by atoms with E-state index in [4.69, 9.17) is 9.84 Å². The molecule has 0 unspecified atom stereocenters. The van der Waals surface area contributed by atoms with E-state index in [1.807, 2.05) is 0 Å². The molecule has 0 amide bonds. The highest BCUT2D eigenvalue weighted by atomic mass is 16.6. The molecule has 2 aliphatic rings. The van der Waals surface area contributed by atoms with Gasteiger partial charge >= 0.3 is 0 Å². The third kappa shape index (κ3) is 3.39. The lowest BCUT2D eigenvalue weighted by Gasteiger charge is -2.45. The van der Waals surface area contributed by atoms with Gasteiger partial charge in [0.1, 0.15) is 11.9 Å². The SMILES string of the molecule is O=[N+]([O-])c1ccc(OC2CC(N3CCC(CO)CC3)C2)cc1. The van der Waals surface area contributed by atoms with Gasteiger partial charge in [0, 0.05) is 37.6 Å². The van der Waals surface area contributed by atoms with Crippen molar-refractivity contribution >= 4 is 5.69 Å². The first-order chi connectivity index (χ1) is 10.7. The van der Waals surface area contributed by atoms with E-state index < -0.39 is 4.92 Å². The fourth-order valence-corrected chi connectivity index (χ4v) is 3.27. The summed E-state index contributed by atoms with van der Waals surface area (Å²) in [5, 5.41) is 19.8. The molecule has 1 aromatic rings. The Kier molecular flexibility index (Phi) is 4.59. The van der Waals surface area contributed by atoms with Gasteiger partial charge in [0.25, 0.3) is 5.69 Å². The number of non-ortho nitro benzene ring substituents is 1. The molecule has 2 fully saturated rings. The molecule has 1 aliphatic heterocycles. The summed E-state index contributed by atoms with van der Waals surface area (Å²) in [6, 6.07) is 6.87. The Morgan fingerprint density at radius 1 is 1.23 bits per heavy atom. The maximum Gasteiger partial charge on any atom is 0.269 e. The van der Waals surface area contributed by atoms with Crippen molar-refractivity contribution in [2.24, 2.45) is 5.92 Å². The predicted octanol–water partition coefficient (Wildman–Crippen LogP) is 2.21. The van der Waals surface area contributed by atoms with Gasteiger partial charge in [-0.1, -0.05) is 0 Å². The molecule has 120 valence electrons. The van der Waals surface area contributed by atoms with Crippen molar-refractivity contribution in [2.75, 3.05) is 19.7 Å². The van der Waals surface area contributed by atoms with E-state index in [0.29, 0.717) is 24.3 Å². The number of likely N-dealkylation sites (tertiary alicyclic amines) is 1. The van der Waals surface area contributed by atoms with E-state index in [-0.39, 0.29) is 11.8 Å². The van der Waals surface area contributed by atoms with Crippen molar-refractivity contribution in [1.82, 2.24) is 4.90 Å². The van der Waals surface area contributed by atoms with Crippen LogP contribution in [0.1, 0.15) is 25.7 Å². The molecule has 0 bridgehead atoms. The van der Waals surface area contributed by atoms with Crippen molar-refractivity contribution in [3.05, 3.63) is 34.4 Å². The van der Waals surface area contributed by atoms with Crippen LogP contribution in [-0.4, -0.2) is 46.8 Å². The van der Waals surface area contributed by atoms with E-state index in [2.05, 4.69) is 4.90 Å². The van der Waals surface area contributed by atoms with Gasteiger partial charge in [-0.05, 0) is 44.0 Å². The number of aliphatic hydroxyl groups excluding tert-OH is 1. The molecule has 1 aromatic carbocycles. The highest BCUT2D eigenvalue weighted by Crippen LogP contribution is 2.32. The molecule has 0 radical (unpaired) electrons. The summed E-state index contributed by atoms with van der Waals surface area (Å²) in [6.45, 7) is 2.45. The van der Waals surface area contributed by atoms with Crippen LogP contribution in [0.5, 0.6) is 5.75 Å². The van der Waals surface area contributed by atoms with Crippen LogP contribution in [0.2, 0.25) is 0 Å². The fraction of sp³-hybridized carbons (Fsp3) is 0.625. The lowest BCUT2D eigenvalue weighted by atomic mass is 9.85. The second-order valence-corrected chi connectivity index (χ2v) is 6.28. The summed E-state index contributed by atoms with van der Waals surface area (Å²) >= 11 is 0. The molecular weight excluding hydrogens is 284 g/mol. The number of nitro groups is 1. The van der Waals surface area contributed by atoms with Crippen LogP contribution in [0.3, 0.4) is 0 Å². The molecule has 1 N–H and O–H groups in total. The molecule has 0 aromatic heterocycles. The zero-order valence-electron chi connectivity index (χ0n) is 12.6. The Bertz CT molecular complexity index is 505. The summed E-state index contributed by atoms with van der Waals surface area (Å²) in [5.74, 6) is 1.18. The maximum atomic E-state index is 10.6. The molecule has 3 rings (SSSR count). The largest absolute Gasteiger partial charge is 0.490 e. The average molecular weight is 306 g/mol. The molecule has 1 saturated carbocycles. The standard InChI is InChI=1S/C16H22N2O4/c19-11-12-5-7-17(8-6-12)14-9-16(10-14)22-15-3-1-13(2-4-15)18(20)21/h1-4,12,14,16,19H,5-11H2. The van der Waals surface area contributed by atoms with Gasteiger partial charge in [0.05, 0.1) is 4.92 Å². The van der Waals surface area contributed by atoms with Crippen molar-refractivity contribution in [1.29, 1.82) is 0 Å². The molecule has 1 heterocycles. The molecule has 6 nitrogen and oxygen atoms in total. The van der Waals surface area contributed by atoms with Gasteiger partial charge in [-0.25, -0.2) is 0 Å². The smallest absolute Gasteiger partial charge is 0.269 e. The minimum Gasteiger partial charge on any atom is -0.490 e. The van der Waals surface area contributed by atoms with Gasteiger partial charge in [-0.3, -0.25) is 10.1 Å². The van der Waals surface area contributed by atoms with Crippen LogP contribution in [-0.2, 0) is 0 Å². The normalized spacial score (nSPS) is 26.4. The third-order valence-corrected chi connectivity index (χ3v) is 4.84. The van der Waals surface area contributed by atoms with Crippen molar-refractivity contribution in [3.8, 4) is 5.75 Å². The average Bonchev–Trinajstić information content (AvgIpc) is 2.51. The quantitative estimate of drug-likeness (QED) is 0.667. The number of ether oxygens (including phenoxy) is 1. The summed E-state index contributed by atoms with van der Waals surface area (Å²) in [4.78, 5) is 12.7. The lowest BCUT2D eigenvalue weighted by molar-refractivity contribution is -0.384. The van der Waals surface area contributed by atoms with Crippen LogP contribution in [0.25, 0.3) is 0 Å². The highest BCUT2D eigenvalue weighted by Gasteiger charge is 2.36. The first-order valence-corrected chi connectivity index (χ1v) is 7.91. The second kappa shape index (κ2) is 6.62. The molecular formula is C16H22N2O4. The number of rotatable bonds is 5. The second-order valence-electron chi connectivity index (χ2n) is 6.28. The Hall–Kier alpha value is -1.66. The van der Waals surface area contributed by atoms with Gasteiger partial charge in [0.2, 0.25) is 0 Å². The van der Waals surface area contributed by atoms with Gasteiger partial charge in [-0.15, -0.1) is 0 Å². The Morgan fingerprint density at radius 3 is 2.41 bits per heavy atom. The first-order valence-electron chi connectivity index (χ1n) is 7.91. The number of nitro benzene ring substituents is 1. The Labute approximate surface area is 129 Å². The van der Waals surface area contributed by atoms with Crippen LogP contribution in [0, 0.1) is 16.0 Å². The van der Waals surface area contributed by atoms with Gasteiger partial charge in [-0.2, -0.15) is 0 Å². The van der Waals surface area contributed by atoms with Crippen molar-refractivity contribution in [2.45, 2.75) is 37.8 Å². The zero-order chi connectivity index (χ0) is 15.5. The van der Waals surface area contributed by atoms with Gasteiger partial charge < -0.3 is 14.7 Å². The van der Waals surface area contributed by atoms with Crippen LogP contribution >= 0.6 is 0 Å². The Balaban J connectivity index is 1.43. The summed E-state index contributed by atoms with van der Waals surface area (Å²) in [7, 11) is 0. The molecule has 1 aliphatic carbocycles. The van der Waals surface area contributed by atoms with E-state index >= 15 is 0 Å². The van der Waals surface area contributed by atoms with E-state index in [0.717, 1.165) is 38.8 Å². The first kappa shape index (κ1) is 15.2. The lowest BCUT2D eigenvalue weighted by Crippen LogP contribution is -2.51. The zero-order valence-corrected chi connectivity index (χ0v) is 12.6. The van der Waals surface area contributed by atoms with Crippen molar-refractivity contribution < 1.29 is 14.8 Å². The third-order valence-electron chi connectivity index (χ3n) is 4.84. The topological polar surface area (TPSA) is 75.8 Å². The maximum absolute atomic E-state index is 10.6. The predicted molar refractivity (Wildman–Crippen MR) is 81.9 cm³/mol. The number of piperidine rings is 1. The van der Waals surface area contributed by atoms with E-state index in [9.17, 15) is 10.1 Å². The number of benzene rings is 1. The number of nitrogens with zero attached hydrogens (tertiary/aromatic N) is 2. The van der Waals surface area contributed by atoms with Crippen LogP contribution in [0.4, 0.5) is 5.69 Å². The molecule has 0 atom stereocenters. The number of aliphatic hydroxyl groups is 1. The fourth-order valence-electron chi connectivity index (χ4n) is 3.27. The molecule has 22 heavy (non-hydrogen) atoms. The number of hydrogen-bond acceptors (Lipinski definition) is 5.